The number of anilines is 2. The van der Waals surface area contributed by atoms with Crippen LogP contribution in [0.25, 0.3) is 0 Å². The maximum absolute atomic E-state index is 12.2. The molecule has 0 saturated heterocycles. The van der Waals surface area contributed by atoms with Crippen LogP contribution in [0.5, 0.6) is 0 Å². The maximum Gasteiger partial charge on any atom is 0.270 e. The van der Waals surface area contributed by atoms with Crippen molar-refractivity contribution in [2.75, 3.05) is 5.32 Å². The molecule has 3 aromatic rings. The van der Waals surface area contributed by atoms with Crippen molar-refractivity contribution in [3.63, 3.8) is 0 Å². The summed E-state index contributed by atoms with van der Waals surface area (Å²) in [5, 5.41) is 6.71. The van der Waals surface area contributed by atoms with Crippen LogP contribution in [-0.2, 0) is 6.54 Å². The number of nitrogens with zero attached hydrogens (tertiary/aromatic N) is 2. The van der Waals surface area contributed by atoms with E-state index in [2.05, 4.69) is 20.6 Å². The molecule has 0 aliphatic heterocycles. The summed E-state index contributed by atoms with van der Waals surface area (Å²) < 4.78 is 0. The van der Waals surface area contributed by atoms with Crippen LogP contribution in [0.1, 0.15) is 16.1 Å². The molecular weight excluding hydrogens is 324 g/mol. The lowest BCUT2D eigenvalue weighted by molar-refractivity contribution is 0.0946. The van der Waals surface area contributed by atoms with Crippen LogP contribution in [0.3, 0.4) is 0 Å². The Bertz CT molecular complexity index is 822. The molecule has 2 aromatic heterocycles. The summed E-state index contributed by atoms with van der Waals surface area (Å²) in [5.41, 5.74) is 2.94. The van der Waals surface area contributed by atoms with Crippen molar-refractivity contribution >= 4 is 28.9 Å². The third-order valence-electron chi connectivity index (χ3n) is 3.30. The van der Waals surface area contributed by atoms with Crippen molar-refractivity contribution < 1.29 is 4.79 Å². The first-order chi connectivity index (χ1) is 11.7. The van der Waals surface area contributed by atoms with Gasteiger partial charge in [0.25, 0.3) is 5.91 Å². The van der Waals surface area contributed by atoms with Crippen LogP contribution in [0.15, 0.2) is 67.1 Å². The van der Waals surface area contributed by atoms with Gasteiger partial charge in [-0.15, -0.1) is 0 Å². The van der Waals surface area contributed by atoms with Crippen LogP contribution < -0.4 is 10.6 Å². The summed E-state index contributed by atoms with van der Waals surface area (Å²) in [4.78, 5) is 20.4. The highest BCUT2D eigenvalue weighted by molar-refractivity contribution is 6.30. The second-order valence-electron chi connectivity index (χ2n) is 5.11. The molecular formula is C18H15ClN4O. The van der Waals surface area contributed by atoms with Crippen LogP contribution in [0.4, 0.5) is 11.4 Å². The van der Waals surface area contributed by atoms with Gasteiger partial charge >= 0.3 is 0 Å². The second-order valence-corrected chi connectivity index (χ2v) is 5.54. The topological polar surface area (TPSA) is 66.9 Å². The van der Waals surface area contributed by atoms with E-state index in [0.29, 0.717) is 17.3 Å². The molecule has 0 aliphatic carbocycles. The molecule has 120 valence electrons. The van der Waals surface area contributed by atoms with Crippen LogP contribution in [0.2, 0.25) is 5.02 Å². The SMILES string of the molecule is O=C(NCc1cccnc1)c1cc(Nc2ccc(Cl)cc2)ccn1. The third-order valence-corrected chi connectivity index (χ3v) is 3.55. The van der Waals surface area contributed by atoms with E-state index < -0.39 is 0 Å². The number of pyridine rings is 2. The number of nitrogens with one attached hydrogen (secondary N) is 2. The Morgan fingerprint density at radius 2 is 1.88 bits per heavy atom. The van der Waals surface area contributed by atoms with Gasteiger partial charge in [0.1, 0.15) is 5.69 Å². The van der Waals surface area contributed by atoms with Gasteiger partial charge in [0.15, 0.2) is 0 Å². The highest BCUT2D eigenvalue weighted by atomic mass is 35.5. The largest absolute Gasteiger partial charge is 0.355 e. The van der Waals surface area contributed by atoms with Crippen LogP contribution >= 0.6 is 11.6 Å². The first kappa shape index (κ1) is 16.0. The Kier molecular flexibility index (Phi) is 5.03. The Balaban J connectivity index is 1.65. The molecule has 1 aromatic carbocycles. The zero-order valence-corrected chi connectivity index (χ0v) is 13.5. The normalized spacial score (nSPS) is 10.2. The molecule has 3 rings (SSSR count). The van der Waals surface area contributed by atoms with Crippen LogP contribution in [0, 0.1) is 0 Å². The van der Waals surface area contributed by atoms with Gasteiger partial charge in [0.05, 0.1) is 0 Å². The average molecular weight is 339 g/mol. The summed E-state index contributed by atoms with van der Waals surface area (Å²) in [5.74, 6) is -0.237. The van der Waals surface area contributed by atoms with E-state index in [9.17, 15) is 4.79 Å². The quantitative estimate of drug-likeness (QED) is 0.742. The lowest BCUT2D eigenvalue weighted by Gasteiger charge is -2.08. The van der Waals surface area contributed by atoms with Gasteiger partial charge in [0, 0.05) is 41.5 Å². The fraction of sp³-hybridized carbons (Fsp3) is 0.0556. The van der Waals surface area contributed by atoms with Gasteiger partial charge in [-0.2, -0.15) is 0 Å². The number of hydrogen-bond acceptors (Lipinski definition) is 4. The molecule has 24 heavy (non-hydrogen) atoms. The fourth-order valence-electron chi connectivity index (χ4n) is 2.11. The van der Waals surface area contributed by atoms with Gasteiger partial charge in [0.2, 0.25) is 0 Å². The molecule has 0 spiro atoms. The molecule has 2 heterocycles. The van der Waals surface area contributed by atoms with Crippen molar-refractivity contribution in [2.45, 2.75) is 6.54 Å². The molecule has 0 fully saturated rings. The Labute approximate surface area is 144 Å². The zero-order chi connectivity index (χ0) is 16.8. The van der Waals surface area contributed by atoms with E-state index in [1.165, 1.54) is 0 Å². The lowest BCUT2D eigenvalue weighted by atomic mass is 10.2. The Morgan fingerprint density at radius 3 is 2.62 bits per heavy atom. The van der Waals surface area contributed by atoms with E-state index in [-0.39, 0.29) is 5.91 Å². The molecule has 0 aliphatic rings. The van der Waals surface area contributed by atoms with Crippen molar-refractivity contribution in [2.24, 2.45) is 0 Å². The van der Waals surface area contributed by atoms with Gasteiger partial charge in [-0.1, -0.05) is 17.7 Å². The van der Waals surface area contributed by atoms with Crippen molar-refractivity contribution in [1.82, 2.24) is 15.3 Å². The van der Waals surface area contributed by atoms with Crippen molar-refractivity contribution in [3.8, 4) is 0 Å². The van der Waals surface area contributed by atoms with Gasteiger partial charge < -0.3 is 10.6 Å². The van der Waals surface area contributed by atoms with Gasteiger partial charge in [-0.25, -0.2) is 0 Å². The predicted molar refractivity (Wildman–Crippen MR) is 94.4 cm³/mol. The number of carbonyl (C=O) groups excluding carboxylic acids is 1. The Hall–Kier alpha value is -2.92. The summed E-state index contributed by atoms with van der Waals surface area (Å²) >= 11 is 5.87. The summed E-state index contributed by atoms with van der Waals surface area (Å²) in [7, 11) is 0. The maximum atomic E-state index is 12.2. The van der Waals surface area contributed by atoms with E-state index in [0.717, 1.165) is 16.9 Å². The van der Waals surface area contributed by atoms with E-state index in [1.54, 1.807) is 42.9 Å². The third kappa shape index (κ3) is 4.30. The van der Waals surface area contributed by atoms with E-state index in [1.807, 2.05) is 24.3 Å². The zero-order valence-electron chi connectivity index (χ0n) is 12.7. The summed E-state index contributed by atoms with van der Waals surface area (Å²) in [6, 6.07) is 14.6. The number of rotatable bonds is 5. The molecule has 1 amide bonds. The minimum absolute atomic E-state index is 0.237. The predicted octanol–water partition coefficient (Wildman–Crippen LogP) is 3.80. The van der Waals surface area contributed by atoms with Crippen LogP contribution in [-0.4, -0.2) is 15.9 Å². The second kappa shape index (κ2) is 7.57. The summed E-state index contributed by atoms with van der Waals surface area (Å²) in [6.07, 6.45) is 5.00. The number of halogens is 1. The lowest BCUT2D eigenvalue weighted by Crippen LogP contribution is -2.23. The first-order valence-electron chi connectivity index (χ1n) is 7.36. The molecule has 0 bridgehead atoms. The van der Waals surface area contributed by atoms with Crippen molar-refractivity contribution in [3.05, 3.63) is 83.4 Å². The number of aromatic nitrogens is 2. The highest BCUT2D eigenvalue weighted by Gasteiger charge is 2.08. The summed E-state index contributed by atoms with van der Waals surface area (Å²) in [6.45, 7) is 0.406. The number of amides is 1. The van der Waals surface area contributed by atoms with Gasteiger partial charge in [-0.05, 0) is 48.0 Å². The molecule has 0 saturated carbocycles. The fourth-order valence-corrected chi connectivity index (χ4v) is 2.23. The molecule has 0 atom stereocenters. The van der Waals surface area contributed by atoms with E-state index >= 15 is 0 Å². The smallest absolute Gasteiger partial charge is 0.270 e. The minimum Gasteiger partial charge on any atom is -0.355 e. The van der Waals surface area contributed by atoms with Crippen molar-refractivity contribution in [1.29, 1.82) is 0 Å². The number of carbonyl (C=O) groups is 1. The van der Waals surface area contributed by atoms with E-state index in [4.69, 9.17) is 11.6 Å². The number of benzene rings is 1. The first-order valence-corrected chi connectivity index (χ1v) is 7.74. The van der Waals surface area contributed by atoms with Gasteiger partial charge in [-0.3, -0.25) is 14.8 Å². The standard InChI is InChI=1S/C18H15ClN4O/c19-14-3-5-15(6-4-14)23-16-7-9-21-17(10-16)18(24)22-12-13-2-1-8-20-11-13/h1-11H,12H2,(H,21,23)(H,22,24). The molecule has 0 unspecified atom stereocenters. The Morgan fingerprint density at radius 1 is 1.04 bits per heavy atom. The molecule has 2 N–H and O–H groups in total. The highest BCUT2D eigenvalue weighted by Crippen LogP contribution is 2.19. The minimum atomic E-state index is -0.237. The average Bonchev–Trinajstić information content (AvgIpc) is 2.63. The number of hydrogen-bond donors (Lipinski definition) is 2. The molecule has 0 radical (unpaired) electrons. The molecule has 5 nitrogen and oxygen atoms in total. The monoisotopic (exact) mass is 338 g/mol. The molecule has 6 heteroatoms.